The number of methoxy groups -OCH3 is 1. The van der Waals surface area contributed by atoms with Crippen molar-refractivity contribution in [3.63, 3.8) is 0 Å². The molecule has 192 valence electrons. The fourth-order valence-corrected chi connectivity index (χ4v) is 4.34. The number of rotatable bonds is 9. The molecule has 1 N–H and O–H groups in total. The van der Waals surface area contributed by atoms with E-state index in [1.807, 2.05) is 57.0 Å². The summed E-state index contributed by atoms with van der Waals surface area (Å²) in [4.78, 5) is 30.7. The van der Waals surface area contributed by atoms with Gasteiger partial charge >= 0.3 is 12.1 Å². The molecule has 0 saturated carbocycles. The standard InChI is InChI=1S/C27H39N3O5/c1-6-34-24(31)10-7-20-18-29-23-9-8-21(33-5)17-22(23)25(20)28-14-11-19-12-15-30(16-13-19)26(32)35-27(2,3)4/h8-9,17-19H,6-7,10-16H2,1-5H3,(H,28,29). The van der Waals surface area contributed by atoms with Gasteiger partial charge < -0.3 is 24.4 Å². The fraction of sp³-hybridized carbons (Fsp3) is 0.593. The lowest BCUT2D eigenvalue weighted by Crippen LogP contribution is -2.41. The average Bonchev–Trinajstić information content (AvgIpc) is 2.82. The van der Waals surface area contributed by atoms with Crippen LogP contribution in [-0.4, -0.2) is 60.9 Å². The topological polar surface area (TPSA) is 90.0 Å². The molecule has 2 aromatic rings. The molecule has 2 heterocycles. The van der Waals surface area contributed by atoms with E-state index < -0.39 is 5.60 Å². The Kier molecular flexibility index (Phi) is 9.18. The van der Waals surface area contributed by atoms with Crippen molar-refractivity contribution in [1.82, 2.24) is 9.88 Å². The Bertz CT molecular complexity index is 1010. The number of hydrogen-bond acceptors (Lipinski definition) is 7. The number of esters is 1. The third-order valence-corrected chi connectivity index (χ3v) is 6.18. The van der Waals surface area contributed by atoms with Gasteiger partial charge in [0.05, 0.1) is 19.2 Å². The van der Waals surface area contributed by atoms with E-state index in [9.17, 15) is 9.59 Å². The fourth-order valence-electron chi connectivity index (χ4n) is 4.34. The van der Waals surface area contributed by atoms with Gasteiger partial charge in [0.2, 0.25) is 0 Å². The molecule has 1 aliphatic heterocycles. The molecule has 8 heteroatoms. The van der Waals surface area contributed by atoms with Gasteiger partial charge in [0.15, 0.2) is 0 Å². The number of hydrogen-bond donors (Lipinski definition) is 1. The van der Waals surface area contributed by atoms with Crippen molar-refractivity contribution in [3.05, 3.63) is 30.0 Å². The first-order chi connectivity index (χ1) is 16.7. The number of nitrogens with one attached hydrogen (secondary N) is 1. The van der Waals surface area contributed by atoms with Crippen LogP contribution in [0.3, 0.4) is 0 Å². The molecule has 1 aliphatic rings. The largest absolute Gasteiger partial charge is 0.497 e. The second-order valence-corrected chi connectivity index (χ2v) is 9.97. The molecule has 0 atom stereocenters. The Morgan fingerprint density at radius 3 is 2.60 bits per heavy atom. The van der Waals surface area contributed by atoms with Crippen LogP contribution < -0.4 is 10.1 Å². The van der Waals surface area contributed by atoms with E-state index in [1.165, 1.54) is 0 Å². The molecule has 1 fully saturated rings. The Balaban J connectivity index is 1.63. The number of pyridine rings is 1. The van der Waals surface area contributed by atoms with Crippen LogP contribution in [0.4, 0.5) is 10.5 Å². The second-order valence-electron chi connectivity index (χ2n) is 9.97. The SMILES string of the molecule is CCOC(=O)CCc1cnc2ccc(OC)cc2c1NCCC1CCN(C(=O)OC(C)(C)C)CC1. The number of carbonyl (C=O) groups is 2. The van der Waals surface area contributed by atoms with Crippen molar-refractivity contribution < 1.29 is 23.8 Å². The molecule has 3 rings (SSSR count). The first kappa shape index (κ1) is 26.6. The Morgan fingerprint density at radius 1 is 1.20 bits per heavy atom. The normalized spacial score (nSPS) is 14.6. The highest BCUT2D eigenvalue weighted by Gasteiger charge is 2.26. The summed E-state index contributed by atoms with van der Waals surface area (Å²) in [7, 11) is 1.65. The maximum absolute atomic E-state index is 12.3. The molecule has 8 nitrogen and oxygen atoms in total. The van der Waals surface area contributed by atoms with Crippen LogP contribution in [0.15, 0.2) is 24.4 Å². The maximum atomic E-state index is 12.3. The molecule has 0 spiro atoms. The number of likely N-dealkylation sites (tertiary alicyclic amines) is 1. The summed E-state index contributed by atoms with van der Waals surface area (Å²) >= 11 is 0. The summed E-state index contributed by atoms with van der Waals surface area (Å²) in [5, 5.41) is 4.60. The van der Waals surface area contributed by atoms with Crippen molar-refractivity contribution in [2.24, 2.45) is 5.92 Å². The first-order valence-corrected chi connectivity index (χ1v) is 12.5. The zero-order chi connectivity index (χ0) is 25.4. The molecular formula is C27H39N3O5. The van der Waals surface area contributed by atoms with E-state index in [-0.39, 0.29) is 12.1 Å². The average molecular weight is 486 g/mol. The molecule has 0 unspecified atom stereocenters. The van der Waals surface area contributed by atoms with Gasteiger partial charge in [-0.05, 0) is 83.1 Å². The smallest absolute Gasteiger partial charge is 0.410 e. The lowest BCUT2D eigenvalue weighted by molar-refractivity contribution is -0.143. The van der Waals surface area contributed by atoms with Crippen LogP contribution in [0.25, 0.3) is 10.9 Å². The number of fused-ring (bicyclic) bond motifs is 1. The van der Waals surface area contributed by atoms with E-state index in [1.54, 1.807) is 7.11 Å². The van der Waals surface area contributed by atoms with Crippen molar-refractivity contribution in [2.75, 3.05) is 38.7 Å². The molecule has 35 heavy (non-hydrogen) atoms. The van der Waals surface area contributed by atoms with Crippen molar-refractivity contribution in [3.8, 4) is 5.75 Å². The van der Waals surface area contributed by atoms with Crippen LogP contribution in [0.5, 0.6) is 5.75 Å². The highest BCUT2D eigenvalue weighted by Crippen LogP contribution is 2.31. The number of carbonyl (C=O) groups excluding carboxylic acids is 2. The minimum absolute atomic E-state index is 0.207. The van der Waals surface area contributed by atoms with Gasteiger partial charge in [-0.2, -0.15) is 0 Å². The Hall–Kier alpha value is -3.03. The molecule has 0 aliphatic carbocycles. The maximum Gasteiger partial charge on any atom is 0.410 e. The van der Waals surface area contributed by atoms with E-state index >= 15 is 0 Å². The predicted molar refractivity (Wildman–Crippen MR) is 137 cm³/mol. The van der Waals surface area contributed by atoms with Gasteiger partial charge in [0.25, 0.3) is 0 Å². The third-order valence-electron chi connectivity index (χ3n) is 6.18. The molecule has 1 amide bonds. The third kappa shape index (κ3) is 7.73. The van der Waals surface area contributed by atoms with Gasteiger partial charge in [0.1, 0.15) is 11.4 Å². The molecular weight excluding hydrogens is 446 g/mol. The molecule has 0 bridgehead atoms. The van der Waals surface area contributed by atoms with E-state index in [2.05, 4.69) is 10.3 Å². The number of aryl methyl sites for hydroxylation is 1. The van der Waals surface area contributed by atoms with Gasteiger partial charge in [-0.3, -0.25) is 9.78 Å². The van der Waals surface area contributed by atoms with Crippen molar-refractivity contribution >= 4 is 28.7 Å². The predicted octanol–water partition coefficient (Wildman–Crippen LogP) is 5.19. The van der Waals surface area contributed by atoms with Crippen LogP contribution in [0.2, 0.25) is 0 Å². The van der Waals surface area contributed by atoms with Crippen LogP contribution in [0, 0.1) is 5.92 Å². The van der Waals surface area contributed by atoms with E-state index in [0.717, 1.165) is 66.8 Å². The van der Waals surface area contributed by atoms with Crippen molar-refractivity contribution in [2.45, 2.75) is 65.4 Å². The number of benzene rings is 1. The van der Waals surface area contributed by atoms with Crippen molar-refractivity contribution in [1.29, 1.82) is 0 Å². The zero-order valence-electron chi connectivity index (χ0n) is 21.7. The zero-order valence-corrected chi connectivity index (χ0v) is 21.7. The summed E-state index contributed by atoms with van der Waals surface area (Å²) in [5.41, 5.74) is 2.38. The lowest BCUT2D eigenvalue weighted by Gasteiger charge is -2.33. The summed E-state index contributed by atoms with van der Waals surface area (Å²) in [6, 6.07) is 5.83. The molecule has 1 aromatic heterocycles. The van der Waals surface area contributed by atoms with E-state index in [0.29, 0.717) is 25.4 Å². The Labute approximate surface area is 208 Å². The number of ether oxygens (including phenoxy) is 3. The van der Waals surface area contributed by atoms with Crippen LogP contribution in [0.1, 0.15) is 58.9 Å². The molecule has 0 radical (unpaired) electrons. The number of nitrogens with zero attached hydrogens (tertiary/aromatic N) is 2. The lowest BCUT2D eigenvalue weighted by atomic mass is 9.93. The van der Waals surface area contributed by atoms with Gasteiger partial charge in [0, 0.05) is 43.3 Å². The minimum atomic E-state index is -0.473. The number of aromatic nitrogens is 1. The van der Waals surface area contributed by atoms with Crippen LogP contribution >= 0.6 is 0 Å². The highest BCUT2D eigenvalue weighted by atomic mass is 16.6. The highest BCUT2D eigenvalue weighted by molar-refractivity contribution is 5.94. The summed E-state index contributed by atoms with van der Waals surface area (Å²) in [5.74, 6) is 1.09. The summed E-state index contributed by atoms with van der Waals surface area (Å²) in [6.45, 7) is 10.1. The van der Waals surface area contributed by atoms with Gasteiger partial charge in [-0.25, -0.2) is 4.79 Å². The number of anilines is 1. The van der Waals surface area contributed by atoms with Gasteiger partial charge in [-0.1, -0.05) is 0 Å². The van der Waals surface area contributed by atoms with Gasteiger partial charge in [-0.15, -0.1) is 0 Å². The number of amides is 1. The summed E-state index contributed by atoms with van der Waals surface area (Å²) in [6.07, 6.45) is 5.39. The summed E-state index contributed by atoms with van der Waals surface area (Å²) < 4.78 is 16.0. The minimum Gasteiger partial charge on any atom is -0.497 e. The monoisotopic (exact) mass is 485 g/mol. The number of piperidine rings is 1. The second kappa shape index (κ2) is 12.1. The van der Waals surface area contributed by atoms with E-state index in [4.69, 9.17) is 14.2 Å². The first-order valence-electron chi connectivity index (χ1n) is 12.5. The quantitative estimate of drug-likeness (QED) is 0.489. The van der Waals surface area contributed by atoms with Crippen LogP contribution in [-0.2, 0) is 20.7 Å². The Morgan fingerprint density at radius 2 is 1.94 bits per heavy atom. The molecule has 1 aromatic carbocycles. The molecule has 1 saturated heterocycles.